The van der Waals surface area contributed by atoms with Crippen LogP contribution in [0, 0.1) is 28.6 Å². The van der Waals surface area contributed by atoms with Crippen molar-refractivity contribution in [2.75, 3.05) is 0 Å². The standard InChI is InChI=1S/C22H29ClN2O/c1-21-9-7-15(26)11-14(21)3-4-16-17-5-6-19(25-12-20(23)24-13-25)22(17,2)10-8-18(16)21/h3,6,12-13,15-18,26H,4-5,7-11H2,1-2H3/t15-,16?,17?,18?,21-,22-/m0/s1. The molecule has 2 saturated carbocycles. The van der Waals surface area contributed by atoms with Crippen LogP contribution in [0.5, 0.6) is 0 Å². The van der Waals surface area contributed by atoms with Gasteiger partial charge in [0.05, 0.1) is 6.10 Å². The highest BCUT2D eigenvalue weighted by molar-refractivity contribution is 6.29. The number of aromatic nitrogens is 2. The molecule has 26 heavy (non-hydrogen) atoms. The third-order valence-electron chi connectivity index (χ3n) is 8.45. The maximum Gasteiger partial charge on any atom is 0.147 e. The Morgan fingerprint density at radius 2 is 1.92 bits per heavy atom. The van der Waals surface area contributed by atoms with Gasteiger partial charge in [-0.3, -0.25) is 0 Å². The highest BCUT2D eigenvalue weighted by Crippen LogP contribution is 2.65. The number of rotatable bonds is 1. The van der Waals surface area contributed by atoms with Crippen LogP contribution >= 0.6 is 11.6 Å². The Labute approximate surface area is 161 Å². The van der Waals surface area contributed by atoms with Crippen LogP contribution in [-0.4, -0.2) is 20.8 Å². The molecule has 4 heteroatoms. The summed E-state index contributed by atoms with van der Waals surface area (Å²) in [5.74, 6) is 2.23. The van der Waals surface area contributed by atoms with Crippen molar-refractivity contribution < 1.29 is 5.11 Å². The lowest BCUT2D eigenvalue weighted by Crippen LogP contribution is -2.50. The molecule has 1 aromatic rings. The van der Waals surface area contributed by atoms with Gasteiger partial charge < -0.3 is 9.67 Å². The third-order valence-corrected chi connectivity index (χ3v) is 8.64. The fraction of sp³-hybridized carbons (Fsp3) is 0.682. The second-order valence-electron chi connectivity index (χ2n) is 9.54. The number of allylic oxidation sites excluding steroid dienone is 3. The topological polar surface area (TPSA) is 38.0 Å². The van der Waals surface area contributed by atoms with Gasteiger partial charge in [-0.05, 0) is 68.1 Å². The largest absolute Gasteiger partial charge is 0.393 e. The van der Waals surface area contributed by atoms with Crippen LogP contribution in [-0.2, 0) is 0 Å². The van der Waals surface area contributed by atoms with Crippen molar-refractivity contribution >= 4 is 17.3 Å². The predicted molar refractivity (Wildman–Crippen MR) is 105 cm³/mol. The van der Waals surface area contributed by atoms with Crippen LogP contribution in [0.4, 0.5) is 0 Å². The average molecular weight is 373 g/mol. The number of hydrogen-bond donors (Lipinski definition) is 1. The molecular weight excluding hydrogens is 344 g/mol. The minimum absolute atomic E-state index is 0.120. The molecule has 5 rings (SSSR count). The fourth-order valence-corrected chi connectivity index (χ4v) is 7.17. The Morgan fingerprint density at radius 1 is 1.12 bits per heavy atom. The predicted octanol–water partition coefficient (Wildman–Crippen LogP) is 5.31. The van der Waals surface area contributed by atoms with Gasteiger partial charge in [-0.15, -0.1) is 0 Å². The van der Waals surface area contributed by atoms with E-state index in [0.29, 0.717) is 16.5 Å². The van der Waals surface area contributed by atoms with E-state index in [1.165, 1.54) is 31.4 Å². The molecule has 3 nitrogen and oxygen atoms in total. The number of aliphatic hydroxyl groups excluding tert-OH is 1. The summed E-state index contributed by atoms with van der Waals surface area (Å²) in [4.78, 5) is 4.24. The van der Waals surface area contributed by atoms with E-state index in [2.05, 4.69) is 35.6 Å². The minimum Gasteiger partial charge on any atom is -0.393 e. The molecule has 4 aliphatic carbocycles. The number of imidazole rings is 1. The summed E-state index contributed by atoms with van der Waals surface area (Å²) < 4.78 is 2.16. The lowest BCUT2D eigenvalue weighted by atomic mass is 9.48. The van der Waals surface area contributed by atoms with Gasteiger partial charge >= 0.3 is 0 Å². The SMILES string of the molecule is C[C@]12CC[C@H](O)CC1=CCC1C2CC[C@]2(C)C(n3cnc(Cl)c3)=CCC12. The first-order chi connectivity index (χ1) is 12.4. The van der Waals surface area contributed by atoms with Gasteiger partial charge in [0.1, 0.15) is 11.5 Å². The molecule has 140 valence electrons. The second-order valence-corrected chi connectivity index (χ2v) is 9.93. The van der Waals surface area contributed by atoms with Crippen LogP contribution in [0.1, 0.15) is 58.8 Å². The van der Waals surface area contributed by atoms with Crippen LogP contribution in [0.3, 0.4) is 0 Å². The fourth-order valence-electron chi connectivity index (χ4n) is 7.02. The lowest BCUT2D eigenvalue weighted by molar-refractivity contribution is -0.0249. The smallest absolute Gasteiger partial charge is 0.147 e. The highest BCUT2D eigenvalue weighted by Gasteiger charge is 2.57. The van der Waals surface area contributed by atoms with E-state index in [9.17, 15) is 5.11 Å². The van der Waals surface area contributed by atoms with E-state index in [1.807, 2.05) is 12.5 Å². The van der Waals surface area contributed by atoms with E-state index in [1.54, 1.807) is 5.57 Å². The van der Waals surface area contributed by atoms with Gasteiger partial charge in [0.25, 0.3) is 0 Å². The zero-order valence-electron chi connectivity index (χ0n) is 15.8. The summed E-state index contributed by atoms with van der Waals surface area (Å²) >= 11 is 6.09. The summed E-state index contributed by atoms with van der Waals surface area (Å²) in [5.41, 5.74) is 3.49. The first-order valence-corrected chi connectivity index (χ1v) is 10.6. The zero-order valence-corrected chi connectivity index (χ0v) is 16.5. The monoisotopic (exact) mass is 372 g/mol. The summed E-state index contributed by atoms with van der Waals surface area (Å²) in [5, 5.41) is 10.7. The van der Waals surface area contributed by atoms with Crippen molar-refractivity contribution in [1.29, 1.82) is 0 Å². The quantitative estimate of drug-likeness (QED) is 0.678. The average Bonchev–Trinajstić information content (AvgIpc) is 3.18. The Kier molecular flexibility index (Phi) is 3.75. The lowest BCUT2D eigenvalue weighted by Gasteiger charge is -2.57. The van der Waals surface area contributed by atoms with Gasteiger partial charge in [0.15, 0.2) is 0 Å². The van der Waals surface area contributed by atoms with Crippen LogP contribution in [0.25, 0.3) is 5.70 Å². The number of nitrogens with zero attached hydrogens (tertiary/aromatic N) is 2. The Balaban J connectivity index is 1.47. The van der Waals surface area contributed by atoms with Gasteiger partial charge in [-0.2, -0.15) is 0 Å². The normalized spacial score (nSPS) is 44.6. The summed E-state index contributed by atoms with van der Waals surface area (Å²) in [6.45, 7) is 4.95. The third kappa shape index (κ3) is 2.26. The molecule has 0 bridgehead atoms. The van der Waals surface area contributed by atoms with E-state index < -0.39 is 0 Å². The van der Waals surface area contributed by atoms with E-state index in [-0.39, 0.29) is 11.5 Å². The molecule has 0 radical (unpaired) electrons. The number of aliphatic hydroxyl groups is 1. The second kappa shape index (κ2) is 5.72. The maximum atomic E-state index is 10.1. The van der Waals surface area contributed by atoms with Crippen molar-refractivity contribution in [1.82, 2.24) is 9.55 Å². The molecule has 0 amide bonds. The Hall–Kier alpha value is -1.06. The molecule has 4 aliphatic rings. The zero-order chi connectivity index (χ0) is 18.1. The summed E-state index contributed by atoms with van der Waals surface area (Å²) in [6.07, 6.45) is 16.6. The molecule has 6 atom stereocenters. The molecule has 0 saturated heterocycles. The Morgan fingerprint density at radius 3 is 2.69 bits per heavy atom. The molecule has 0 aromatic carbocycles. The number of fused-ring (bicyclic) bond motifs is 5. The van der Waals surface area contributed by atoms with Crippen molar-refractivity contribution in [3.8, 4) is 0 Å². The van der Waals surface area contributed by atoms with Gasteiger partial charge in [-0.1, -0.05) is 43.2 Å². The van der Waals surface area contributed by atoms with Crippen LogP contribution in [0.15, 0.2) is 30.2 Å². The van der Waals surface area contributed by atoms with Crippen LogP contribution in [0.2, 0.25) is 5.15 Å². The summed E-state index contributed by atoms with van der Waals surface area (Å²) in [7, 11) is 0. The van der Waals surface area contributed by atoms with Gasteiger partial charge in [0.2, 0.25) is 0 Å². The van der Waals surface area contributed by atoms with Crippen molar-refractivity contribution in [2.45, 2.75) is 64.9 Å². The Bertz CT molecular complexity index is 796. The van der Waals surface area contributed by atoms with E-state index in [0.717, 1.165) is 31.1 Å². The molecule has 1 aromatic heterocycles. The van der Waals surface area contributed by atoms with Gasteiger partial charge in [0, 0.05) is 17.3 Å². The first-order valence-electron chi connectivity index (χ1n) is 10.2. The highest BCUT2D eigenvalue weighted by atomic mass is 35.5. The molecule has 1 heterocycles. The molecular formula is C22H29ClN2O. The van der Waals surface area contributed by atoms with Crippen molar-refractivity contribution in [2.24, 2.45) is 28.6 Å². The van der Waals surface area contributed by atoms with Crippen LogP contribution < -0.4 is 0 Å². The molecule has 3 unspecified atom stereocenters. The maximum absolute atomic E-state index is 10.1. The van der Waals surface area contributed by atoms with E-state index in [4.69, 9.17) is 11.6 Å². The summed E-state index contributed by atoms with van der Waals surface area (Å²) in [6, 6.07) is 0. The molecule has 2 fully saturated rings. The number of hydrogen-bond acceptors (Lipinski definition) is 2. The molecule has 0 spiro atoms. The first kappa shape index (κ1) is 17.1. The number of halogens is 1. The molecule has 1 N–H and O–H groups in total. The molecule has 0 aliphatic heterocycles. The van der Waals surface area contributed by atoms with Crippen molar-refractivity contribution in [3.63, 3.8) is 0 Å². The van der Waals surface area contributed by atoms with Gasteiger partial charge in [-0.25, -0.2) is 4.98 Å². The van der Waals surface area contributed by atoms with E-state index >= 15 is 0 Å². The van der Waals surface area contributed by atoms with Crippen molar-refractivity contribution in [3.05, 3.63) is 35.4 Å². The minimum atomic E-state index is -0.120.